The normalized spacial score (nSPS) is 18.5. The fourth-order valence-electron chi connectivity index (χ4n) is 4.44. The zero-order chi connectivity index (χ0) is 24.9. The van der Waals surface area contributed by atoms with Gasteiger partial charge >= 0.3 is 5.97 Å². The third kappa shape index (κ3) is 3.71. The fraction of sp³-hybridized carbons (Fsp3) is 0.231. The van der Waals surface area contributed by atoms with Crippen molar-refractivity contribution in [3.05, 3.63) is 95.8 Å². The van der Waals surface area contributed by atoms with Crippen LogP contribution < -0.4 is 19.8 Å². The Bertz CT molecular complexity index is 1570. The number of hydrogen-bond donors (Lipinski definition) is 0. The summed E-state index contributed by atoms with van der Waals surface area (Å²) in [5.41, 5.74) is 2.27. The third-order valence-corrected chi connectivity index (χ3v) is 7.81. The Morgan fingerprint density at radius 2 is 2.00 bits per heavy atom. The molecule has 2 aliphatic heterocycles. The van der Waals surface area contributed by atoms with Crippen molar-refractivity contribution in [2.75, 3.05) is 11.4 Å². The SMILES string of the molecule is C=CCN1C(=O)/C(=c2\sc3n(c2=O)C(c2cccs2)C(C(=O)OC(C)C)=C(C)N=3)c2ccccc21. The number of allylic oxidation sites excluding steroid dienone is 1. The van der Waals surface area contributed by atoms with Gasteiger partial charge in [0.1, 0.15) is 10.6 Å². The van der Waals surface area contributed by atoms with Crippen LogP contribution in [0, 0.1) is 0 Å². The Hall–Kier alpha value is -3.56. The standard InChI is InChI=1S/C26H23N3O4S2/c1-5-12-28-17-10-7-6-9-16(17)20(23(28)30)22-24(31)29-21(18-11-8-13-34-18)19(25(32)33-14(2)3)15(4)27-26(29)35-22/h5-11,13-14,21H,1,12H2,2-4H3/b22-20-. The van der Waals surface area contributed by atoms with Crippen molar-refractivity contribution >= 4 is 45.8 Å². The molecule has 0 saturated heterocycles. The quantitative estimate of drug-likeness (QED) is 0.394. The molecule has 35 heavy (non-hydrogen) atoms. The number of fused-ring (bicyclic) bond motifs is 2. The molecular formula is C26H23N3O4S2. The molecule has 1 aromatic carbocycles. The van der Waals surface area contributed by atoms with Crippen LogP contribution in [-0.4, -0.2) is 29.1 Å². The molecule has 9 heteroatoms. The maximum Gasteiger partial charge on any atom is 0.338 e. The number of carbonyl (C=O) groups excluding carboxylic acids is 2. The number of thiophene rings is 1. The Morgan fingerprint density at radius 3 is 2.69 bits per heavy atom. The van der Waals surface area contributed by atoms with E-state index in [1.54, 1.807) is 31.7 Å². The summed E-state index contributed by atoms with van der Waals surface area (Å²) >= 11 is 2.62. The van der Waals surface area contributed by atoms with Gasteiger partial charge in [0.2, 0.25) is 0 Å². The second-order valence-electron chi connectivity index (χ2n) is 8.47. The first-order chi connectivity index (χ1) is 16.8. The minimum Gasteiger partial charge on any atom is -0.459 e. The summed E-state index contributed by atoms with van der Waals surface area (Å²) in [5, 5.41) is 1.90. The highest BCUT2D eigenvalue weighted by Gasteiger charge is 2.37. The monoisotopic (exact) mass is 505 g/mol. The van der Waals surface area contributed by atoms with Gasteiger partial charge in [-0.3, -0.25) is 14.2 Å². The topological polar surface area (TPSA) is 81.0 Å². The van der Waals surface area contributed by atoms with Gasteiger partial charge in [0.05, 0.1) is 28.6 Å². The highest BCUT2D eigenvalue weighted by molar-refractivity contribution is 7.10. The van der Waals surface area contributed by atoms with E-state index in [0.717, 1.165) is 10.6 Å². The van der Waals surface area contributed by atoms with Gasteiger partial charge < -0.3 is 9.64 Å². The van der Waals surface area contributed by atoms with E-state index in [1.807, 2.05) is 41.8 Å². The van der Waals surface area contributed by atoms with Gasteiger partial charge in [0.25, 0.3) is 11.5 Å². The molecule has 0 saturated carbocycles. The fourth-order valence-corrected chi connectivity index (χ4v) is 6.40. The van der Waals surface area contributed by atoms with E-state index in [4.69, 9.17) is 4.74 Å². The molecule has 4 heterocycles. The predicted molar refractivity (Wildman–Crippen MR) is 137 cm³/mol. The van der Waals surface area contributed by atoms with Crippen LogP contribution >= 0.6 is 22.7 Å². The zero-order valence-electron chi connectivity index (χ0n) is 19.5. The lowest BCUT2D eigenvalue weighted by Gasteiger charge is -2.24. The zero-order valence-corrected chi connectivity index (χ0v) is 21.1. The van der Waals surface area contributed by atoms with Crippen molar-refractivity contribution in [2.24, 2.45) is 4.99 Å². The number of esters is 1. The Labute approximate surface area is 209 Å². The van der Waals surface area contributed by atoms with E-state index < -0.39 is 12.0 Å². The number of anilines is 1. The number of rotatable bonds is 5. The molecule has 0 N–H and O–H groups in total. The molecule has 7 nitrogen and oxygen atoms in total. The second kappa shape index (κ2) is 8.90. The lowest BCUT2D eigenvalue weighted by Crippen LogP contribution is -2.40. The van der Waals surface area contributed by atoms with Gasteiger partial charge in [0.15, 0.2) is 4.80 Å². The molecule has 2 aromatic heterocycles. The molecule has 0 spiro atoms. The van der Waals surface area contributed by atoms with Crippen molar-refractivity contribution in [3.8, 4) is 0 Å². The number of ether oxygens (including phenoxy) is 1. The first-order valence-corrected chi connectivity index (χ1v) is 12.8. The van der Waals surface area contributed by atoms with Crippen molar-refractivity contribution in [1.82, 2.24) is 4.57 Å². The van der Waals surface area contributed by atoms with Crippen molar-refractivity contribution in [2.45, 2.75) is 32.9 Å². The highest BCUT2D eigenvalue weighted by atomic mass is 32.1. The van der Waals surface area contributed by atoms with Crippen LogP contribution in [0.2, 0.25) is 0 Å². The van der Waals surface area contributed by atoms with Crippen LogP contribution in [-0.2, 0) is 14.3 Å². The molecule has 5 rings (SSSR count). The molecular weight excluding hydrogens is 482 g/mol. The van der Waals surface area contributed by atoms with E-state index in [2.05, 4.69) is 11.6 Å². The number of nitrogens with zero attached hydrogens (tertiary/aromatic N) is 3. The summed E-state index contributed by atoms with van der Waals surface area (Å²) in [4.78, 5) is 48.0. The largest absolute Gasteiger partial charge is 0.459 e. The average Bonchev–Trinajstić information content (AvgIpc) is 3.51. The predicted octanol–water partition coefficient (Wildman–Crippen LogP) is 3.15. The maximum atomic E-state index is 14.0. The molecule has 2 aliphatic rings. The number of benzene rings is 1. The van der Waals surface area contributed by atoms with Crippen molar-refractivity contribution in [1.29, 1.82) is 0 Å². The molecule has 1 amide bonds. The van der Waals surface area contributed by atoms with Gasteiger partial charge in [0, 0.05) is 17.0 Å². The van der Waals surface area contributed by atoms with Crippen molar-refractivity contribution in [3.63, 3.8) is 0 Å². The average molecular weight is 506 g/mol. The summed E-state index contributed by atoms with van der Waals surface area (Å²) in [5.74, 6) is -0.753. The van der Waals surface area contributed by atoms with E-state index in [0.29, 0.717) is 38.3 Å². The van der Waals surface area contributed by atoms with Crippen LogP contribution in [0.4, 0.5) is 5.69 Å². The van der Waals surface area contributed by atoms with Gasteiger partial charge in [-0.2, -0.15) is 0 Å². The second-order valence-corrected chi connectivity index (χ2v) is 10.4. The summed E-state index contributed by atoms with van der Waals surface area (Å²) in [6, 6.07) is 10.5. The van der Waals surface area contributed by atoms with Crippen LogP contribution in [0.15, 0.2) is 75.5 Å². The lowest BCUT2D eigenvalue weighted by atomic mass is 10.0. The van der Waals surface area contributed by atoms with Crippen LogP contribution in [0.1, 0.15) is 37.3 Å². The molecule has 1 unspecified atom stereocenters. The van der Waals surface area contributed by atoms with E-state index in [-0.39, 0.29) is 17.6 Å². The minimum atomic E-state index is -0.678. The summed E-state index contributed by atoms with van der Waals surface area (Å²) in [7, 11) is 0. The number of para-hydroxylation sites is 1. The van der Waals surface area contributed by atoms with Gasteiger partial charge in [-0.05, 0) is 38.3 Å². The highest BCUT2D eigenvalue weighted by Crippen LogP contribution is 2.36. The third-order valence-electron chi connectivity index (χ3n) is 5.83. The van der Waals surface area contributed by atoms with Gasteiger partial charge in [-0.1, -0.05) is 41.7 Å². The first kappa shape index (κ1) is 23.2. The van der Waals surface area contributed by atoms with E-state index in [9.17, 15) is 14.4 Å². The smallest absolute Gasteiger partial charge is 0.338 e. The van der Waals surface area contributed by atoms with Crippen LogP contribution in [0.25, 0.3) is 5.57 Å². The number of aromatic nitrogens is 1. The molecule has 1 atom stereocenters. The summed E-state index contributed by atoms with van der Waals surface area (Å²) in [6.07, 6.45) is 1.34. The Kier molecular flexibility index (Phi) is 5.90. The number of hydrogen-bond acceptors (Lipinski definition) is 7. The lowest BCUT2D eigenvalue weighted by molar-refractivity contribution is -0.143. The van der Waals surface area contributed by atoms with Crippen LogP contribution in [0.3, 0.4) is 0 Å². The van der Waals surface area contributed by atoms with E-state index >= 15 is 0 Å². The molecule has 0 fully saturated rings. The Morgan fingerprint density at radius 1 is 1.23 bits per heavy atom. The number of thiazole rings is 1. The van der Waals surface area contributed by atoms with Gasteiger partial charge in [-0.25, -0.2) is 9.79 Å². The molecule has 0 radical (unpaired) electrons. The molecule has 3 aromatic rings. The van der Waals surface area contributed by atoms with E-state index in [1.165, 1.54) is 27.2 Å². The Balaban J connectivity index is 1.79. The van der Waals surface area contributed by atoms with Crippen LogP contribution in [0.5, 0.6) is 0 Å². The molecule has 178 valence electrons. The summed E-state index contributed by atoms with van der Waals surface area (Å²) < 4.78 is 7.34. The maximum absolute atomic E-state index is 14.0. The number of carbonyl (C=O) groups is 2. The minimum absolute atomic E-state index is 0.251. The van der Waals surface area contributed by atoms with Gasteiger partial charge in [-0.15, -0.1) is 17.9 Å². The first-order valence-electron chi connectivity index (χ1n) is 11.1. The molecule has 0 aliphatic carbocycles. The summed E-state index contributed by atoms with van der Waals surface area (Å²) in [6.45, 7) is 9.41. The number of amides is 1. The van der Waals surface area contributed by atoms with Crippen molar-refractivity contribution < 1.29 is 14.3 Å². The molecule has 0 bridgehead atoms.